The Morgan fingerprint density at radius 2 is 2.05 bits per heavy atom. The molecule has 0 bridgehead atoms. The van der Waals surface area contributed by atoms with Crippen molar-refractivity contribution in [3.8, 4) is 11.4 Å². The average molecular weight is 285 g/mol. The molecule has 0 fully saturated rings. The third-order valence-corrected chi connectivity index (χ3v) is 2.93. The van der Waals surface area contributed by atoms with E-state index in [1.165, 1.54) is 6.20 Å². The fourth-order valence-corrected chi connectivity index (χ4v) is 2.08. The van der Waals surface area contributed by atoms with Crippen molar-refractivity contribution < 1.29 is 4.39 Å². The van der Waals surface area contributed by atoms with Crippen LogP contribution in [0, 0.1) is 5.82 Å². The predicted molar refractivity (Wildman–Crippen MR) is 80.5 cm³/mol. The second-order valence-corrected chi connectivity index (χ2v) is 5.87. The third kappa shape index (κ3) is 2.69. The number of halogens is 1. The first-order chi connectivity index (χ1) is 9.94. The molecule has 0 aromatic carbocycles. The number of rotatable bonds is 2. The zero-order valence-electron chi connectivity index (χ0n) is 12.1. The summed E-state index contributed by atoms with van der Waals surface area (Å²) < 4.78 is 13.8. The van der Waals surface area contributed by atoms with E-state index in [-0.39, 0.29) is 11.4 Å². The maximum Gasteiger partial charge on any atom is 0.183 e. The van der Waals surface area contributed by atoms with E-state index < -0.39 is 5.82 Å². The van der Waals surface area contributed by atoms with E-state index in [1.54, 1.807) is 12.4 Å². The van der Waals surface area contributed by atoms with E-state index in [2.05, 4.69) is 25.3 Å². The van der Waals surface area contributed by atoms with Crippen molar-refractivity contribution in [1.82, 2.24) is 19.9 Å². The molecule has 0 saturated heterocycles. The standard InChI is InChI=1S/C15H16FN5/c1-15(2,3)21-14-11(16)8-19-13(20-14)10-7-18-12-9(10)5-4-6-17-12/h4-8H,1-3H3,(H,17,18)(H,19,20,21). The predicted octanol–water partition coefficient (Wildman–Crippen LogP) is 3.37. The van der Waals surface area contributed by atoms with E-state index in [0.717, 1.165) is 16.6 Å². The number of hydrogen-bond donors (Lipinski definition) is 2. The number of anilines is 1. The Morgan fingerprint density at radius 3 is 2.81 bits per heavy atom. The lowest BCUT2D eigenvalue weighted by Gasteiger charge is -2.21. The lowest BCUT2D eigenvalue weighted by Crippen LogP contribution is -2.27. The van der Waals surface area contributed by atoms with Crippen LogP contribution < -0.4 is 5.32 Å². The molecule has 3 heterocycles. The fraction of sp³-hybridized carbons (Fsp3) is 0.267. The van der Waals surface area contributed by atoms with E-state index in [4.69, 9.17) is 0 Å². The minimum atomic E-state index is -0.466. The monoisotopic (exact) mass is 285 g/mol. The largest absolute Gasteiger partial charge is 0.363 e. The van der Waals surface area contributed by atoms with Gasteiger partial charge in [0, 0.05) is 28.9 Å². The normalized spacial score (nSPS) is 11.8. The molecular formula is C15H16FN5. The van der Waals surface area contributed by atoms with E-state index in [9.17, 15) is 4.39 Å². The molecule has 5 nitrogen and oxygen atoms in total. The highest BCUT2D eigenvalue weighted by molar-refractivity contribution is 5.91. The van der Waals surface area contributed by atoms with Crippen LogP contribution in [0.5, 0.6) is 0 Å². The van der Waals surface area contributed by atoms with Crippen molar-refractivity contribution in [3.05, 3.63) is 36.5 Å². The molecular weight excluding hydrogens is 269 g/mol. The van der Waals surface area contributed by atoms with Gasteiger partial charge >= 0.3 is 0 Å². The van der Waals surface area contributed by atoms with Crippen molar-refractivity contribution in [1.29, 1.82) is 0 Å². The Bertz CT molecular complexity index is 788. The van der Waals surface area contributed by atoms with Crippen molar-refractivity contribution >= 4 is 16.9 Å². The summed E-state index contributed by atoms with van der Waals surface area (Å²) in [5.41, 5.74) is 1.27. The van der Waals surface area contributed by atoms with Gasteiger partial charge < -0.3 is 10.3 Å². The Kier molecular flexibility index (Phi) is 3.08. The first-order valence-corrected chi connectivity index (χ1v) is 6.67. The molecule has 0 aliphatic rings. The van der Waals surface area contributed by atoms with Crippen molar-refractivity contribution in [2.75, 3.05) is 5.32 Å². The number of nitrogens with zero attached hydrogens (tertiary/aromatic N) is 3. The van der Waals surface area contributed by atoms with Crippen molar-refractivity contribution in [3.63, 3.8) is 0 Å². The highest BCUT2D eigenvalue weighted by Gasteiger charge is 2.17. The number of hydrogen-bond acceptors (Lipinski definition) is 4. The van der Waals surface area contributed by atoms with Gasteiger partial charge in [0.15, 0.2) is 17.5 Å². The van der Waals surface area contributed by atoms with E-state index >= 15 is 0 Å². The first-order valence-electron chi connectivity index (χ1n) is 6.67. The molecule has 0 radical (unpaired) electrons. The molecule has 0 saturated carbocycles. The minimum Gasteiger partial charge on any atom is -0.363 e. The maximum atomic E-state index is 13.8. The Labute approximate surface area is 121 Å². The van der Waals surface area contributed by atoms with Gasteiger partial charge in [-0.2, -0.15) is 0 Å². The van der Waals surface area contributed by atoms with Crippen LogP contribution in [0.15, 0.2) is 30.7 Å². The second-order valence-electron chi connectivity index (χ2n) is 5.87. The molecule has 0 amide bonds. The number of fused-ring (bicyclic) bond motifs is 1. The van der Waals surface area contributed by atoms with Crippen LogP contribution in [0.4, 0.5) is 10.2 Å². The molecule has 3 rings (SSSR count). The SMILES string of the molecule is CC(C)(C)Nc1nc(-c2c[nH]c3ncccc23)ncc1F. The van der Waals surface area contributed by atoms with Crippen LogP contribution >= 0.6 is 0 Å². The number of aromatic amines is 1. The van der Waals surface area contributed by atoms with Gasteiger partial charge in [-0.15, -0.1) is 0 Å². The summed E-state index contributed by atoms with van der Waals surface area (Å²) in [5.74, 6) is 0.194. The topological polar surface area (TPSA) is 66.5 Å². The lowest BCUT2D eigenvalue weighted by molar-refractivity contribution is 0.586. The van der Waals surface area contributed by atoms with Crippen LogP contribution in [0.3, 0.4) is 0 Å². The summed E-state index contributed by atoms with van der Waals surface area (Å²) in [6.45, 7) is 5.84. The summed E-state index contributed by atoms with van der Waals surface area (Å²) >= 11 is 0. The van der Waals surface area contributed by atoms with Gasteiger partial charge in [0.1, 0.15) is 5.65 Å². The van der Waals surface area contributed by atoms with Crippen molar-refractivity contribution in [2.24, 2.45) is 0 Å². The third-order valence-electron chi connectivity index (χ3n) is 2.93. The second kappa shape index (κ2) is 4.80. The fourth-order valence-electron chi connectivity index (χ4n) is 2.08. The van der Waals surface area contributed by atoms with Gasteiger partial charge in [-0.1, -0.05) is 0 Å². The Balaban J connectivity index is 2.09. The summed E-state index contributed by atoms with van der Waals surface area (Å²) in [4.78, 5) is 15.7. The summed E-state index contributed by atoms with van der Waals surface area (Å²) in [6, 6.07) is 3.77. The quantitative estimate of drug-likeness (QED) is 0.757. The zero-order chi connectivity index (χ0) is 15.0. The molecule has 0 unspecified atom stereocenters. The van der Waals surface area contributed by atoms with Gasteiger partial charge in [-0.25, -0.2) is 19.3 Å². The number of nitrogens with one attached hydrogen (secondary N) is 2. The van der Waals surface area contributed by atoms with Crippen molar-refractivity contribution in [2.45, 2.75) is 26.3 Å². The molecule has 0 atom stereocenters. The molecule has 3 aromatic rings. The van der Waals surface area contributed by atoms with Crippen LogP contribution in [0.25, 0.3) is 22.4 Å². The highest BCUT2D eigenvalue weighted by Crippen LogP contribution is 2.26. The Morgan fingerprint density at radius 1 is 1.24 bits per heavy atom. The van der Waals surface area contributed by atoms with E-state index in [0.29, 0.717) is 5.82 Å². The zero-order valence-corrected chi connectivity index (χ0v) is 12.1. The van der Waals surface area contributed by atoms with Crippen LogP contribution in [0.2, 0.25) is 0 Å². The molecule has 0 spiro atoms. The Hall–Kier alpha value is -2.50. The van der Waals surface area contributed by atoms with Gasteiger partial charge in [-0.05, 0) is 32.9 Å². The summed E-state index contributed by atoms with van der Waals surface area (Å²) in [5, 5.41) is 3.96. The molecule has 6 heteroatoms. The number of pyridine rings is 1. The maximum absolute atomic E-state index is 13.8. The number of H-pyrrole nitrogens is 1. The number of aromatic nitrogens is 4. The molecule has 2 N–H and O–H groups in total. The van der Waals surface area contributed by atoms with Gasteiger partial charge in [-0.3, -0.25) is 0 Å². The van der Waals surface area contributed by atoms with Gasteiger partial charge in [0.25, 0.3) is 0 Å². The highest BCUT2D eigenvalue weighted by atomic mass is 19.1. The van der Waals surface area contributed by atoms with Crippen LogP contribution in [-0.4, -0.2) is 25.5 Å². The van der Waals surface area contributed by atoms with Gasteiger partial charge in [0.2, 0.25) is 0 Å². The van der Waals surface area contributed by atoms with E-state index in [1.807, 2.05) is 32.9 Å². The summed E-state index contributed by atoms with van der Waals surface area (Å²) in [7, 11) is 0. The summed E-state index contributed by atoms with van der Waals surface area (Å²) in [6.07, 6.45) is 4.68. The smallest absolute Gasteiger partial charge is 0.183 e. The van der Waals surface area contributed by atoms with Crippen LogP contribution in [-0.2, 0) is 0 Å². The average Bonchev–Trinajstić information content (AvgIpc) is 2.84. The van der Waals surface area contributed by atoms with Crippen LogP contribution in [0.1, 0.15) is 20.8 Å². The molecule has 0 aliphatic heterocycles. The molecule has 3 aromatic heterocycles. The molecule has 0 aliphatic carbocycles. The lowest BCUT2D eigenvalue weighted by atomic mass is 10.1. The van der Waals surface area contributed by atoms with Gasteiger partial charge in [0.05, 0.1) is 6.20 Å². The molecule has 21 heavy (non-hydrogen) atoms. The molecule has 108 valence electrons. The first kappa shape index (κ1) is 13.5. The minimum absolute atomic E-state index is 0.200.